The van der Waals surface area contributed by atoms with Gasteiger partial charge in [0, 0.05) is 33.3 Å². The van der Waals surface area contributed by atoms with Crippen LogP contribution in [0.4, 0.5) is 11.4 Å². The van der Waals surface area contributed by atoms with Gasteiger partial charge in [-0.3, -0.25) is 19.2 Å². The second-order valence-electron chi connectivity index (χ2n) is 16.9. The molecule has 0 saturated heterocycles. The average Bonchev–Trinajstić information content (AvgIpc) is 3.75. The van der Waals surface area contributed by atoms with Gasteiger partial charge in [-0.1, -0.05) is 57.5 Å². The van der Waals surface area contributed by atoms with E-state index in [1.54, 1.807) is 64.6 Å². The first-order valence-electron chi connectivity index (χ1n) is 18.3. The lowest BCUT2D eigenvalue weighted by Crippen LogP contribution is -2.45. The topological polar surface area (TPSA) is 194 Å². The second-order valence-corrected chi connectivity index (χ2v) is 18.6. The number of benzene rings is 2. The predicted molar refractivity (Wildman–Crippen MR) is 229 cm³/mol. The van der Waals surface area contributed by atoms with Gasteiger partial charge in [0.05, 0.1) is 40.6 Å². The summed E-state index contributed by atoms with van der Waals surface area (Å²) >= 11 is 6.58. The summed E-state index contributed by atoms with van der Waals surface area (Å²) < 4.78 is 12.9. The molecule has 4 aromatic heterocycles. The van der Waals surface area contributed by atoms with Crippen molar-refractivity contribution >= 4 is 88.9 Å². The molecule has 2 aromatic carbocycles. The molecule has 4 N–H and O–H groups in total. The molecule has 2 aliphatic heterocycles. The number of hydrogen-bond acceptors (Lipinski definition) is 10. The highest BCUT2D eigenvalue weighted by molar-refractivity contribution is 9.10. The Balaban J connectivity index is 0.000000160. The van der Waals surface area contributed by atoms with Crippen molar-refractivity contribution in [3.8, 4) is 22.8 Å². The van der Waals surface area contributed by atoms with E-state index in [9.17, 15) is 19.2 Å². The van der Waals surface area contributed by atoms with E-state index in [2.05, 4.69) is 72.4 Å². The molecule has 0 unspecified atom stereocenters. The van der Waals surface area contributed by atoms with Gasteiger partial charge in [-0.15, -0.1) is 0 Å². The standard InChI is InChI=1S/C21H22N4O3.C11H12BrN3O.C10H10BrNO2/c1-20(2,3)17(26)12-9-22-18-16(12)24-14(10-23-18)11-6-7-15-13(8-11)25-19(27)21(4,5)28-15;1-11(2,3)9(16)6-4-13-10-8(6)15-7(12)5-14-10;1-10(2)9(13)12-7-5-6(11)3-4-8(7)14-10/h6-10H,1-5H3,(H,22,23)(H,25,27);4-5H,1-3H3,(H,13,14);3-5H,1-2H3,(H,12,13). The molecule has 6 heterocycles. The largest absolute Gasteiger partial charge is 0.476 e. The van der Waals surface area contributed by atoms with Crippen molar-refractivity contribution in [1.82, 2.24) is 29.9 Å². The van der Waals surface area contributed by atoms with Crippen LogP contribution in [0.15, 0.2) is 70.3 Å². The number of carbonyl (C=O) groups excluding carboxylic acids is 4. The van der Waals surface area contributed by atoms with Crippen LogP contribution in [0.1, 0.15) is 90.0 Å². The molecule has 0 bridgehead atoms. The van der Waals surface area contributed by atoms with Crippen LogP contribution in [0.3, 0.4) is 0 Å². The van der Waals surface area contributed by atoms with Crippen molar-refractivity contribution in [1.29, 1.82) is 0 Å². The molecular formula is C42H44Br2N8O6. The van der Waals surface area contributed by atoms with Crippen molar-refractivity contribution < 1.29 is 28.7 Å². The number of fused-ring (bicyclic) bond motifs is 4. The molecule has 2 aliphatic rings. The number of rotatable bonds is 3. The Bertz CT molecular complexity index is 2620. The quantitative estimate of drug-likeness (QED) is 0.124. The summed E-state index contributed by atoms with van der Waals surface area (Å²) in [6.07, 6.45) is 6.57. The first-order chi connectivity index (χ1) is 26.9. The number of H-pyrrole nitrogens is 2. The van der Waals surface area contributed by atoms with Crippen molar-refractivity contribution in [2.75, 3.05) is 10.6 Å². The number of ketones is 2. The number of amides is 2. The van der Waals surface area contributed by atoms with E-state index in [1.165, 1.54) is 0 Å². The van der Waals surface area contributed by atoms with Crippen LogP contribution >= 0.6 is 31.9 Å². The van der Waals surface area contributed by atoms with Gasteiger partial charge in [-0.25, -0.2) is 19.9 Å². The molecule has 302 valence electrons. The molecule has 0 radical (unpaired) electrons. The summed E-state index contributed by atoms with van der Waals surface area (Å²) in [5.74, 6) is 1.04. The minimum atomic E-state index is -0.916. The lowest BCUT2D eigenvalue weighted by atomic mass is 9.87. The zero-order valence-corrected chi connectivity index (χ0v) is 36.9. The van der Waals surface area contributed by atoms with E-state index >= 15 is 0 Å². The van der Waals surface area contributed by atoms with Crippen LogP contribution in [0.2, 0.25) is 0 Å². The van der Waals surface area contributed by atoms with E-state index in [0.717, 1.165) is 10.0 Å². The van der Waals surface area contributed by atoms with Crippen LogP contribution in [0.25, 0.3) is 33.6 Å². The van der Waals surface area contributed by atoms with E-state index < -0.39 is 22.0 Å². The fraction of sp³-hybridized carbons (Fsp3) is 0.333. The molecule has 2 amide bonds. The molecule has 16 heteroatoms. The number of aromatic nitrogens is 6. The summed E-state index contributed by atoms with van der Waals surface area (Å²) in [6, 6.07) is 11.0. The third-order valence-electron chi connectivity index (χ3n) is 9.12. The number of halogens is 2. The minimum absolute atomic E-state index is 0.00136. The summed E-state index contributed by atoms with van der Waals surface area (Å²) in [5, 5.41) is 5.67. The lowest BCUT2D eigenvalue weighted by molar-refractivity contribution is -0.130. The van der Waals surface area contributed by atoms with Crippen LogP contribution in [-0.2, 0) is 9.59 Å². The smallest absolute Gasteiger partial charge is 0.268 e. The van der Waals surface area contributed by atoms with Gasteiger partial charge in [0.2, 0.25) is 0 Å². The molecule has 0 fully saturated rings. The van der Waals surface area contributed by atoms with Crippen LogP contribution in [0, 0.1) is 10.8 Å². The van der Waals surface area contributed by atoms with Gasteiger partial charge in [0.25, 0.3) is 11.8 Å². The fourth-order valence-electron chi connectivity index (χ4n) is 5.81. The zero-order valence-electron chi connectivity index (χ0n) is 33.8. The molecule has 14 nitrogen and oxygen atoms in total. The van der Waals surface area contributed by atoms with E-state index in [4.69, 9.17) is 9.47 Å². The summed E-state index contributed by atoms with van der Waals surface area (Å²) in [6.45, 7) is 18.2. The normalized spacial score (nSPS) is 15.2. The molecular weight excluding hydrogens is 872 g/mol. The van der Waals surface area contributed by atoms with Crippen molar-refractivity contribution in [2.24, 2.45) is 10.8 Å². The number of Topliss-reactive ketones (excluding diaryl/α,β-unsaturated/α-hetero) is 2. The average molecular weight is 917 g/mol. The molecule has 0 saturated carbocycles. The van der Waals surface area contributed by atoms with E-state index in [-0.39, 0.29) is 23.4 Å². The monoisotopic (exact) mass is 914 g/mol. The first-order valence-corrected chi connectivity index (χ1v) is 19.9. The number of anilines is 2. The zero-order chi connectivity index (χ0) is 42.5. The Hall–Kier alpha value is -5.48. The van der Waals surface area contributed by atoms with Gasteiger partial charge in [0.15, 0.2) is 34.1 Å². The highest BCUT2D eigenvalue weighted by atomic mass is 79.9. The number of hydrogen-bond donors (Lipinski definition) is 4. The van der Waals surface area contributed by atoms with Gasteiger partial charge >= 0.3 is 0 Å². The fourth-order valence-corrected chi connectivity index (χ4v) is 6.45. The SMILES string of the molecule is CC(C)(C)C(=O)c1c[nH]c2ncc(-c3ccc4c(c3)NC(=O)C(C)(C)O4)nc12.CC(C)(C)C(=O)c1c[nH]c2ncc(Br)nc12.CC1(C)Oc2ccc(Br)cc2NC1=O. The van der Waals surface area contributed by atoms with Crippen LogP contribution in [-0.4, -0.2) is 64.5 Å². The molecule has 6 aromatic rings. The Morgan fingerprint density at radius 1 is 0.655 bits per heavy atom. The third kappa shape index (κ3) is 8.82. The summed E-state index contributed by atoms with van der Waals surface area (Å²) in [7, 11) is 0. The van der Waals surface area contributed by atoms with Crippen LogP contribution < -0.4 is 20.1 Å². The number of nitrogens with zero attached hydrogens (tertiary/aromatic N) is 4. The summed E-state index contributed by atoms with van der Waals surface area (Å²) in [5.41, 5.74) is 3.50. The van der Waals surface area contributed by atoms with Gasteiger partial charge in [0.1, 0.15) is 27.1 Å². The Morgan fingerprint density at radius 2 is 1.12 bits per heavy atom. The minimum Gasteiger partial charge on any atom is -0.476 e. The van der Waals surface area contributed by atoms with Crippen molar-refractivity contribution in [3.63, 3.8) is 0 Å². The third-order valence-corrected chi connectivity index (χ3v) is 10.00. The second kappa shape index (κ2) is 15.4. The first kappa shape index (κ1) is 42.1. The number of nitrogens with one attached hydrogen (secondary N) is 4. The maximum Gasteiger partial charge on any atom is 0.268 e. The lowest BCUT2D eigenvalue weighted by Gasteiger charge is -2.31. The van der Waals surface area contributed by atoms with Crippen molar-refractivity contribution in [3.05, 3.63) is 81.4 Å². The van der Waals surface area contributed by atoms with Crippen LogP contribution in [0.5, 0.6) is 11.5 Å². The van der Waals surface area contributed by atoms with E-state index in [0.29, 0.717) is 66.6 Å². The molecule has 0 spiro atoms. The Labute approximate surface area is 352 Å². The number of carbonyl (C=O) groups is 4. The summed E-state index contributed by atoms with van der Waals surface area (Å²) in [4.78, 5) is 72.0. The highest BCUT2D eigenvalue weighted by Crippen LogP contribution is 2.38. The van der Waals surface area contributed by atoms with Gasteiger partial charge in [-0.2, -0.15) is 0 Å². The molecule has 0 atom stereocenters. The van der Waals surface area contributed by atoms with Gasteiger partial charge < -0.3 is 30.1 Å². The van der Waals surface area contributed by atoms with E-state index in [1.807, 2.05) is 65.8 Å². The molecule has 0 aliphatic carbocycles. The Morgan fingerprint density at radius 3 is 1.64 bits per heavy atom. The molecule has 58 heavy (non-hydrogen) atoms. The maximum atomic E-state index is 12.7. The highest BCUT2D eigenvalue weighted by Gasteiger charge is 2.36. The number of ether oxygens (including phenoxy) is 2. The van der Waals surface area contributed by atoms with Crippen molar-refractivity contribution in [2.45, 2.75) is 80.4 Å². The van der Waals surface area contributed by atoms with Gasteiger partial charge in [-0.05, 0) is 80.0 Å². The predicted octanol–water partition coefficient (Wildman–Crippen LogP) is 9.47. The molecule has 8 rings (SSSR count). The maximum absolute atomic E-state index is 12.7. The Kier molecular flexibility index (Phi) is 11.2. The number of aromatic amines is 2.